The fourth-order valence-corrected chi connectivity index (χ4v) is 1.83. The number of aromatic nitrogens is 1. The number of rotatable bonds is 2. The van der Waals surface area contributed by atoms with Gasteiger partial charge in [0.25, 0.3) is 5.91 Å². The second-order valence-corrected chi connectivity index (χ2v) is 4.20. The molecule has 0 aliphatic rings. The Balaban J connectivity index is 2.47. The number of aryl methyl sites for hydroxylation is 2. The average molecular weight is 238 g/mol. The van der Waals surface area contributed by atoms with E-state index < -0.39 is 0 Å². The third-order valence-electron chi connectivity index (χ3n) is 2.76. The van der Waals surface area contributed by atoms with Gasteiger partial charge in [-0.1, -0.05) is 18.1 Å². The molecule has 2 aromatic rings. The molecule has 90 valence electrons. The van der Waals surface area contributed by atoms with Crippen molar-refractivity contribution in [2.24, 2.45) is 0 Å². The summed E-state index contributed by atoms with van der Waals surface area (Å²) in [6.07, 6.45) is 5.12. The van der Waals surface area contributed by atoms with Crippen molar-refractivity contribution in [1.82, 2.24) is 10.3 Å². The molecule has 0 saturated heterocycles. The summed E-state index contributed by atoms with van der Waals surface area (Å²) in [5.74, 6) is 2.20. The molecular formula is C15H14N2O. The average Bonchev–Trinajstić information content (AvgIpc) is 2.35. The van der Waals surface area contributed by atoms with E-state index in [1.165, 1.54) is 0 Å². The van der Waals surface area contributed by atoms with E-state index in [4.69, 9.17) is 6.42 Å². The zero-order valence-corrected chi connectivity index (χ0v) is 10.4. The van der Waals surface area contributed by atoms with Crippen LogP contribution in [0.5, 0.6) is 0 Å². The number of terminal acetylenes is 1. The topological polar surface area (TPSA) is 42.0 Å². The van der Waals surface area contributed by atoms with E-state index in [9.17, 15) is 4.79 Å². The smallest absolute Gasteiger partial charge is 0.253 e. The first-order valence-electron chi connectivity index (χ1n) is 5.71. The van der Waals surface area contributed by atoms with Crippen molar-refractivity contribution >= 4 is 16.8 Å². The lowest BCUT2D eigenvalue weighted by Gasteiger charge is -2.07. The summed E-state index contributed by atoms with van der Waals surface area (Å²) >= 11 is 0. The van der Waals surface area contributed by atoms with Gasteiger partial charge < -0.3 is 5.32 Å². The maximum atomic E-state index is 11.9. The monoisotopic (exact) mass is 238 g/mol. The molecule has 1 aromatic heterocycles. The number of hydrogen-bond acceptors (Lipinski definition) is 2. The molecule has 0 aliphatic heterocycles. The highest BCUT2D eigenvalue weighted by atomic mass is 16.1. The molecule has 0 aliphatic carbocycles. The summed E-state index contributed by atoms with van der Waals surface area (Å²) in [5, 5.41) is 3.61. The molecule has 1 amide bonds. The predicted octanol–water partition coefficient (Wildman–Crippen LogP) is 2.21. The molecule has 2 rings (SSSR count). The molecule has 0 fully saturated rings. The molecule has 0 bridgehead atoms. The van der Waals surface area contributed by atoms with Crippen LogP contribution in [-0.2, 0) is 0 Å². The van der Waals surface area contributed by atoms with Crippen molar-refractivity contribution in [3.8, 4) is 12.3 Å². The van der Waals surface area contributed by atoms with Crippen molar-refractivity contribution < 1.29 is 4.79 Å². The van der Waals surface area contributed by atoms with Gasteiger partial charge in [-0.3, -0.25) is 9.78 Å². The van der Waals surface area contributed by atoms with Crippen molar-refractivity contribution in [3.63, 3.8) is 0 Å². The fraction of sp³-hybridized carbons (Fsp3) is 0.200. The lowest BCUT2D eigenvalue weighted by molar-refractivity contribution is 0.0958. The Kier molecular flexibility index (Phi) is 3.29. The quantitative estimate of drug-likeness (QED) is 0.815. The Bertz CT molecular complexity index is 653. The maximum Gasteiger partial charge on any atom is 0.253 e. The number of fused-ring (bicyclic) bond motifs is 1. The molecule has 3 nitrogen and oxygen atoms in total. The van der Waals surface area contributed by atoms with Crippen LogP contribution in [0.4, 0.5) is 0 Å². The Morgan fingerprint density at radius 2 is 2.17 bits per heavy atom. The summed E-state index contributed by atoms with van der Waals surface area (Å²) in [4.78, 5) is 16.3. The van der Waals surface area contributed by atoms with Crippen LogP contribution in [0.2, 0.25) is 0 Å². The van der Waals surface area contributed by atoms with Gasteiger partial charge in [-0.15, -0.1) is 6.42 Å². The number of carbonyl (C=O) groups excluding carboxylic acids is 1. The first-order valence-corrected chi connectivity index (χ1v) is 5.71. The fourth-order valence-electron chi connectivity index (χ4n) is 1.83. The van der Waals surface area contributed by atoms with Crippen LogP contribution < -0.4 is 5.32 Å². The zero-order valence-electron chi connectivity index (χ0n) is 10.4. The molecular weight excluding hydrogens is 224 g/mol. The molecule has 1 aromatic carbocycles. The zero-order chi connectivity index (χ0) is 13.1. The standard InChI is InChI=1S/C15H14N2O/c1-4-7-16-15(18)13-9-12-6-5-10(2)8-14(12)17-11(13)3/h1,5-6,8-9H,7H2,2-3H3,(H,16,18). The van der Waals surface area contributed by atoms with Gasteiger partial charge in [0, 0.05) is 5.39 Å². The first-order chi connectivity index (χ1) is 8.61. The number of pyridine rings is 1. The van der Waals surface area contributed by atoms with E-state index in [0.717, 1.165) is 16.5 Å². The number of nitrogens with zero attached hydrogens (tertiary/aromatic N) is 1. The molecule has 18 heavy (non-hydrogen) atoms. The van der Waals surface area contributed by atoms with Crippen LogP contribution in [0.25, 0.3) is 10.9 Å². The highest BCUT2D eigenvalue weighted by Crippen LogP contribution is 2.17. The molecule has 1 N–H and O–H groups in total. The Morgan fingerprint density at radius 1 is 1.39 bits per heavy atom. The van der Waals surface area contributed by atoms with E-state index in [0.29, 0.717) is 11.3 Å². The van der Waals surface area contributed by atoms with E-state index >= 15 is 0 Å². The second-order valence-electron chi connectivity index (χ2n) is 4.20. The van der Waals surface area contributed by atoms with E-state index in [1.54, 1.807) is 0 Å². The normalized spacial score (nSPS) is 10.1. The van der Waals surface area contributed by atoms with Gasteiger partial charge in [-0.25, -0.2) is 0 Å². The Hall–Kier alpha value is -2.34. The Morgan fingerprint density at radius 3 is 2.89 bits per heavy atom. The highest BCUT2D eigenvalue weighted by Gasteiger charge is 2.10. The summed E-state index contributed by atoms with van der Waals surface area (Å²) in [5.41, 5.74) is 3.34. The molecule has 0 unspecified atom stereocenters. The Labute approximate surface area is 106 Å². The predicted molar refractivity (Wildman–Crippen MR) is 72.4 cm³/mol. The van der Waals surface area contributed by atoms with Gasteiger partial charge in [0.15, 0.2) is 0 Å². The van der Waals surface area contributed by atoms with Gasteiger partial charge in [-0.2, -0.15) is 0 Å². The van der Waals surface area contributed by atoms with Gasteiger partial charge in [-0.05, 0) is 31.5 Å². The minimum atomic E-state index is -0.180. The second kappa shape index (κ2) is 4.89. The summed E-state index contributed by atoms with van der Waals surface area (Å²) < 4.78 is 0. The summed E-state index contributed by atoms with van der Waals surface area (Å²) in [6, 6.07) is 7.83. The van der Waals surface area contributed by atoms with Gasteiger partial charge >= 0.3 is 0 Å². The van der Waals surface area contributed by atoms with Crippen molar-refractivity contribution in [1.29, 1.82) is 0 Å². The lowest BCUT2D eigenvalue weighted by Crippen LogP contribution is -2.24. The molecule has 0 spiro atoms. The third-order valence-corrected chi connectivity index (χ3v) is 2.76. The van der Waals surface area contributed by atoms with E-state index in [-0.39, 0.29) is 12.5 Å². The number of benzene rings is 1. The molecule has 0 radical (unpaired) electrons. The molecule has 3 heteroatoms. The molecule has 0 saturated carbocycles. The number of nitrogens with one attached hydrogen (secondary N) is 1. The third kappa shape index (κ3) is 2.33. The van der Waals surface area contributed by atoms with E-state index in [1.807, 2.05) is 38.1 Å². The van der Waals surface area contributed by atoms with Crippen molar-refractivity contribution in [3.05, 3.63) is 41.1 Å². The van der Waals surface area contributed by atoms with E-state index in [2.05, 4.69) is 16.2 Å². The minimum absolute atomic E-state index is 0.180. The number of carbonyl (C=O) groups is 1. The van der Waals surface area contributed by atoms with Gasteiger partial charge in [0.05, 0.1) is 23.3 Å². The van der Waals surface area contributed by atoms with Crippen LogP contribution in [0, 0.1) is 26.2 Å². The van der Waals surface area contributed by atoms with Gasteiger partial charge in [0.2, 0.25) is 0 Å². The largest absolute Gasteiger partial charge is 0.341 e. The van der Waals surface area contributed by atoms with Crippen LogP contribution in [-0.4, -0.2) is 17.4 Å². The van der Waals surface area contributed by atoms with Crippen LogP contribution >= 0.6 is 0 Å². The van der Waals surface area contributed by atoms with Gasteiger partial charge in [0.1, 0.15) is 0 Å². The highest BCUT2D eigenvalue weighted by molar-refractivity contribution is 5.98. The molecule has 0 atom stereocenters. The van der Waals surface area contributed by atoms with Crippen molar-refractivity contribution in [2.75, 3.05) is 6.54 Å². The minimum Gasteiger partial charge on any atom is -0.341 e. The van der Waals surface area contributed by atoms with Crippen LogP contribution in [0.1, 0.15) is 21.6 Å². The molecule has 1 heterocycles. The van der Waals surface area contributed by atoms with Crippen LogP contribution in [0.3, 0.4) is 0 Å². The first kappa shape index (κ1) is 12.1. The lowest BCUT2D eigenvalue weighted by atomic mass is 10.1. The SMILES string of the molecule is C#CCNC(=O)c1cc2ccc(C)cc2nc1C. The summed E-state index contributed by atoms with van der Waals surface area (Å²) in [7, 11) is 0. The number of amides is 1. The summed E-state index contributed by atoms with van der Waals surface area (Å²) in [6.45, 7) is 4.07. The van der Waals surface area contributed by atoms with Crippen molar-refractivity contribution in [2.45, 2.75) is 13.8 Å². The number of hydrogen-bond donors (Lipinski definition) is 1. The van der Waals surface area contributed by atoms with Crippen LogP contribution in [0.15, 0.2) is 24.3 Å². The maximum absolute atomic E-state index is 11.9.